The minimum atomic E-state index is -3.53. The number of carbonyl (C=O) groups is 1. The van der Waals surface area contributed by atoms with Crippen LogP contribution in [-0.2, 0) is 16.6 Å². The van der Waals surface area contributed by atoms with Gasteiger partial charge in [0.25, 0.3) is 5.91 Å². The maximum Gasteiger partial charge on any atom is 0.259 e. The number of hydrogen-bond donors (Lipinski definition) is 1. The number of nitrogens with zero attached hydrogens (tertiary/aromatic N) is 1. The van der Waals surface area contributed by atoms with Gasteiger partial charge in [-0.25, -0.2) is 12.7 Å². The molecule has 1 amide bonds. The van der Waals surface area contributed by atoms with E-state index in [1.165, 1.54) is 26.2 Å². The summed E-state index contributed by atoms with van der Waals surface area (Å²) in [6.45, 7) is 0.290. The van der Waals surface area contributed by atoms with Gasteiger partial charge in [0.2, 0.25) is 10.0 Å². The van der Waals surface area contributed by atoms with Crippen molar-refractivity contribution in [3.63, 3.8) is 0 Å². The molecule has 30 heavy (non-hydrogen) atoms. The molecule has 0 aliphatic rings. The van der Waals surface area contributed by atoms with Crippen molar-refractivity contribution in [3.05, 3.63) is 88.9 Å². The number of ether oxygens (including phenoxy) is 1. The van der Waals surface area contributed by atoms with Gasteiger partial charge in [-0.15, -0.1) is 0 Å². The van der Waals surface area contributed by atoms with Crippen molar-refractivity contribution >= 4 is 33.2 Å². The smallest absolute Gasteiger partial charge is 0.259 e. The van der Waals surface area contributed by atoms with Crippen molar-refractivity contribution < 1.29 is 17.9 Å². The van der Waals surface area contributed by atoms with Gasteiger partial charge < -0.3 is 10.1 Å². The second kappa shape index (κ2) is 9.30. The van der Waals surface area contributed by atoms with Crippen LogP contribution in [0, 0.1) is 0 Å². The van der Waals surface area contributed by atoms with E-state index in [1.807, 2.05) is 12.1 Å². The molecule has 0 saturated heterocycles. The first-order valence-electron chi connectivity index (χ1n) is 9.07. The van der Waals surface area contributed by atoms with E-state index in [1.54, 1.807) is 48.5 Å². The zero-order valence-electron chi connectivity index (χ0n) is 16.5. The molecular formula is C22H21ClN2O4S. The van der Waals surface area contributed by atoms with Crippen LogP contribution in [0.25, 0.3) is 0 Å². The van der Waals surface area contributed by atoms with E-state index >= 15 is 0 Å². The molecule has 3 aromatic carbocycles. The molecule has 0 spiro atoms. The topological polar surface area (TPSA) is 75.7 Å². The first kappa shape index (κ1) is 21.8. The molecule has 0 aliphatic carbocycles. The predicted octanol–water partition coefficient (Wildman–Crippen LogP) is 4.42. The van der Waals surface area contributed by atoms with Crippen LogP contribution in [0.15, 0.2) is 77.7 Å². The summed E-state index contributed by atoms with van der Waals surface area (Å²) in [6, 6.07) is 20.2. The summed E-state index contributed by atoms with van der Waals surface area (Å²) >= 11 is 5.89. The third-order valence-electron chi connectivity index (χ3n) is 4.33. The van der Waals surface area contributed by atoms with Crippen LogP contribution in [0.1, 0.15) is 15.9 Å². The fraction of sp³-hybridized carbons (Fsp3) is 0.136. The Morgan fingerprint density at radius 1 is 0.967 bits per heavy atom. The van der Waals surface area contributed by atoms with Crippen molar-refractivity contribution in [1.29, 1.82) is 0 Å². The standard InChI is InChI=1S/C22H21ClN2O4S/c1-25(2)30(27,28)19-13-11-18(12-14-19)24-22(26)20-5-3-4-6-21(20)29-15-16-7-9-17(23)10-8-16/h3-14H,15H2,1-2H3,(H,24,26). The average molecular weight is 445 g/mol. The molecule has 0 atom stereocenters. The van der Waals surface area contributed by atoms with Crippen LogP contribution in [0.3, 0.4) is 0 Å². The molecule has 1 N–H and O–H groups in total. The van der Waals surface area contributed by atoms with Crippen molar-refractivity contribution in [2.24, 2.45) is 0 Å². The fourth-order valence-electron chi connectivity index (χ4n) is 2.64. The van der Waals surface area contributed by atoms with Crippen molar-refractivity contribution in [1.82, 2.24) is 4.31 Å². The number of hydrogen-bond acceptors (Lipinski definition) is 4. The minimum Gasteiger partial charge on any atom is -0.488 e. The Morgan fingerprint density at radius 2 is 1.60 bits per heavy atom. The van der Waals surface area contributed by atoms with Crippen LogP contribution in [0.4, 0.5) is 5.69 Å². The number of nitrogens with one attached hydrogen (secondary N) is 1. The lowest BCUT2D eigenvalue weighted by molar-refractivity contribution is 0.102. The van der Waals surface area contributed by atoms with E-state index < -0.39 is 10.0 Å². The summed E-state index contributed by atoms with van der Waals surface area (Å²) in [6.07, 6.45) is 0. The van der Waals surface area contributed by atoms with Gasteiger partial charge in [0, 0.05) is 24.8 Å². The third kappa shape index (κ3) is 5.18. The van der Waals surface area contributed by atoms with E-state index in [-0.39, 0.29) is 10.8 Å². The van der Waals surface area contributed by atoms with Gasteiger partial charge in [0.05, 0.1) is 10.5 Å². The maximum absolute atomic E-state index is 12.7. The summed E-state index contributed by atoms with van der Waals surface area (Å²) < 4.78 is 31.3. The molecule has 156 valence electrons. The SMILES string of the molecule is CN(C)S(=O)(=O)c1ccc(NC(=O)c2ccccc2OCc2ccc(Cl)cc2)cc1. The molecular weight excluding hydrogens is 424 g/mol. The highest BCUT2D eigenvalue weighted by atomic mass is 35.5. The Labute approximate surface area is 181 Å². The zero-order valence-corrected chi connectivity index (χ0v) is 18.1. The first-order valence-corrected chi connectivity index (χ1v) is 10.9. The summed E-state index contributed by atoms with van der Waals surface area (Å²) in [7, 11) is -0.597. The van der Waals surface area contributed by atoms with E-state index in [4.69, 9.17) is 16.3 Å². The van der Waals surface area contributed by atoms with Gasteiger partial charge in [0.1, 0.15) is 12.4 Å². The number of halogens is 1. The average Bonchev–Trinajstić information content (AvgIpc) is 2.74. The molecule has 0 aromatic heterocycles. The molecule has 0 radical (unpaired) electrons. The second-order valence-corrected chi connectivity index (χ2v) is 9.27. The number of anilines is 1. The Kier molecular flexibility index (Phi) is 6.77. The van der Waals surface area contributed by atoms with Gasteiger partial charge in [-0.1, -0.05) is 35.9 Å². The molecule has 0 unspecified atom stereocenters. The van der Waals surface area contributed by atoms with Crippen LogP contribution < -0.4 is 10.1 Å². The van der Waals surface area contributed by atoms with Crippen molar-refractivity contribution in [2.45, 2.75) is 11.5 Å². The quantitative estimate of drug-likeness (QED) is 0.585. The van der Waals surface area contributed by atoms with Gasteiger partial charge in [-0.2, -0.15) is 0 Å². The molecule has 0 saturated carbocycles. The molecule has 0 heterocycles. The summed E-state index contributed by atoms with van der Waals surface area (Å²) in [5, 5.41) is 3.41. The number of rotatable bonds is 7. The molecule has 3 rings (SSSR count). The Balaban J connectivity index is 1.72. The zero-order chi connectivity index (χ0) is 21.7. The molecule has 3 aromatic rings. The number of sulfonamides is 1. The summed E-state index contributed by atoms with van der Waals surface area (Å²) in [4.78, 5) is 12.9. The van der Waals surface area contributed by atoms with Crippen molar-refractivity contribution in [2.75, 3.05) is 19.4 Å². The maximum atomic E-state index is 12.7. The van der Waals surface area contributed by atoms with Gasteiger partial charge in [-0.05, 0) is 54.1 Å². The van der Waals surface area contributed by atoms with Crippen LogP contribution in [-0.4, -0.2) is 32.7 Å². The van der Waals surface area contributed by atoms with E-state index in [0.717, 1.165) is 9.87 Å². The largest absolute Gasteiger partial charge is 0.488 e. The number of benzene rings is 3. The fourth-order valence-corrected chi connectivity index (χ4v) is 3.67. The van der Waals surface area contributed by atoms with Gasteiger partial charge >= 0.3 is 0 Å². The summed E-state index contributed by atoms with van der Waals surface area (Å²) in [5.74, 6) is 0.0849. The lowest BCUT2D eigenvalue weighted by atomic mass is 10.1. The van der Waals surface area contributed by atoms with Gasteiger partial charge in [0.15, 0.2) is 0 Å². The van der Waals surface area contributed by atoms with Crippen LogP contribution >= 0.6 is 11.6 Å². The monoisotopic (exact) mass is 444 g/mol. The molecule has 6 nitrogen and oxygen atoms in total. The summed E-state index contributed by atoms with van der Waals surface area (Å²) in [5.41, 5.74) is 1.77. The minimum absolute atomic E-state index is 0.150. The molecule has 0 fully saturated rings. The number of amides is 1. The number of para-hydroxylation sites is 1. The predicted molar refractivity (Wildman–Crippen MR) is 117 cm³/mol. The lowest BCUT2D eigenvalue weighted by Crippen LogP contribution is -2.22. The third-order valence-corrected chi connectivity index (χ3v) is 6.41. The van der Waals surface area contributed by atoms with Crippen LogP contribution in [0.2, 0.25) is 5.02 Å². The Bertz CT molecular complexity index is 1130. The lowest BCUT2D eigenvalue weighted by Gasteiger charge is -2.13. The molecule has 0 aliphatic heterocycles. The molecule has 0 bridgehead atoms. The highest BCUT2D eigenvalue weighted by molar-refractivity contribution is 7.89. The number of carbonyl (C=O) groups excluding carboxylic acids is 1. The van der Waals surface area contributed by atoms with E-state index in [0.29, 0.717) is 28.6 Å². The highest BCUT2D eigenvalue weighted by Gasteiger charge is 2.17. The normalized spacial score (nSPS) is 11.3. The van der Waals surface area contributed by atoms with Crippen molar-refractivity contribution in [3.8, 4) is 5.75 Å². The van der Waals surface area contributed by atoms with E-state index in [2.05, 4.69) is 5.32 Å². The molecule has 8 heteroatoms. The first-order chi connectivity index (χ1) is 14.3. The van der Waals surface area contributed by atoms with Gasteiger partial charge in [-0.3, -0.25) is 4.79 Å². The Morgan fingerprint density at radius 3 is 2.23 bits per heavy atom. The van der Waals surface area contributed by atoms with E-state index in [9.17, 15) is 13.2 Å². The Hall–Kier alpha value is -2.87. The highest BCUT2D eigenvalue weighted by Crippen LogP contribution is 2.22. The second-order valence-electron chi connectivity index (χ2n) is 6.68. The van der Waals surface area contributed by atoms with Crippen LogP contribution in [0.5, 0.6) is 5.75 Å².